The first kappa shape index (κ1) is 15.6. The summed E-state index contributed by atoms with van der Waals surface area (Å²) in [5.41, 5.74) is -0.198. The largest absolute Gasteiger partial charge is 0.478 e. The average molecular weight is 288 g/mol. The van der Waals surface area contributed by atoms with Crippen LogP contribution in [0.3, 0.4) is 0 Å². The van der Waals surface area contributed by atoms with Gasteiger partial charge in [-0.3, -0.25) is 0 Å². The monoisotopic (exact) mass is 288 g/mol. The van der Waals surface area contributed by atoms with E-state index in [-0.39, 0.29) is 16.9 Å². The number of unbranched alkanes of at least 4 members (excludes halogenated alkanes) is 2. The highest BCUT2D eigenvalue weighted by Gasteiger charge is 2.16. The van der Waals surface area contributed by atoms with Crippen molar-refractivity contribution in [2.45, 2.75) is 31.9 Å². The Bertz CT molecular complexity index is 552. The summed E-state index contributed by atoms with van der Waals surface area (Å²) >= 11 is 0. The summed E-state index contributed by atoms with van der Waals surface area (Å²) in [4.78, 5) is 10.8. The number of carboxylic acids is 1. The number of benzene rings is 1. The van der Waals surface area contributed by atoms with Gasteiger partial charge in [0.1, 0.15) is 5.82 Å². The molecule has 1 aromatic rings. The fraction of sp³-hybridized carbons (Fsp3) is 0.462. The highest BCUT2D eigenvalue weighted by Crippen LogP contribution is 2.15. The summed E-state index contributed by atoms with van der Waals surface area (Å²) < 4.78 is 37.1. The van der Waals surface area contributed by atoms with Crippen molar-refractivity contribution >= 4 is 15.8 Å². The number of hydrogen-bond donors (Lipinski definition) is 1. The molecule has 6 heteroatoms. The lowest BCUT2D eigenvalue weighted by Gasteiger charge is -2.06. The van der Waals surface area contributed by atoms with Crippen molar-refractivity contribution in [2.75, 3.05) is 5.75 Å². The van der Waals surface area contributed by atoms with Gasteiger partial charge in [-0.05, 0) is 24.6 Å². The van der Waals surface area contributed by atoms with Gasteiger partial charge in [-0.15, -0.1) is 0 Å². The van der Waals surface area contributed by atoms with E-state index < -0.39 is 27.4 Å². The fourth-order valence-corrected chi connectivity index (χ4v) is 3.18. The van der Waals surface area contributed by atoms with Crippen LogP contribution in [0, 0.1) is 5.82 Å². The van der Waals surface area contributed by atoms with Gasteiger partial charge in [0.2, 0.25) is 0 Å². The molecule has 0 bridgehead atoms. The molecule has 0 amide bonds. The van der Waals surface area contributed by atoms with E-state index in [1.807, 2.05) is 6.92 Å². The van der Waals surface area contributed by atoms with Gasteiger partial charge in [0.15, 0.2) is 9.84 Å². The Hall–Kier alpha value is -1.43. The Kier molecular flexibility index (Phi) is 5.47. The Balaban J connectivity index is 2.86. The molecule has 1 rings (SSSR count). The van der Waals surface area contributed by atoms with Crippen molar-refractivity contribution in [1.29, 1.82) is 0 Å². The first-order valence-corrected chi connectivity index (χ1v) is 7.90. The minimum Gasteiger partial charge on any atom is -0.478 e. The normalized spacial score (nSPS) is 11.5. The van der Waals surface area contributed by atoms with Crippen molar-refractivity contribution < 1.29 is 22.7 Å². The average Bonchev–Trinajstić information content (AvgIpc) is 2.31. The number of hydrogen-bond acceptors (Lipinski definition) is 3. The Morgan fingerprint density at radius 3 is 2.58 bits per heavy atom. The zero-order chi connectivity index (χ0) is 14.5. The third kappa shape index (κ3) is 4.98. The first-order chi connectivity index (χ1) is 8.85. The van der Waals surface area contributed by atoms with E-state index in [4.69, 9.17) is 5.11 Å². The van der Waals surface area contributed by atoms with Crippen molar-refractivity contribution in [3.05, 3.63) is 35.1 Å². The molecule has 0 atom stereocenters. The van der Waals surface area contributed by atoms with Gasteiger partial charge in [0.25, 0.3) is 0 Å². The van der Waals surface area contributed by atoms with Gasteiger partial charge >= 0.3 is 5.97 Å². The maximum absolute atomic E-state index is 13.5. The number of aromatic carboxylic acids is 1. The van der Waals surface area contributed by atoms with E-state index in [0.29, 0.717) is 6.42 Å². The molecule has 106 valence electrons. The van der Waals surface area contributed by atoms with Crippen molar-refractivity contribution in [3.8, 4) is 0 Å². The van der Waals surface area contributed by atoms with Crippen LogP contribution in [0.5, 0.6) is 0 Å². The summed E-state index contributed by atoms with van der Waals surface area (Å²) in [5, 5.41) is 8.80. The number of carboxylic acid groups (broad SMARTS) is 1. The quantitative estimate of drug-likeness (QED) is 0.783. The van der Waals surface area contributed by atoms with Crippen LogP contribution in [0.1, 0.15) is 42.1 Å². The molecule has 0 saturated carbocycles. The number of halogens is 1. The van der Waals surface area contributed by atoms with E-state index in [9.17, 15) is 17.6 Å². The highest BCUT2D eigenvalue weighted by molar-refractivity contribution is 7.90. The summed E-state index contributed by atoms with van der Waals surface area (Å²) in [5.74, 6) is -2.35. The van der Waals surface area contributed by atoms with Gasteiger partial charge in [-0.2, -0.15) is 0 Å². The standard InChI is InChI=1S/C13H17FO4S/c1-2-3-4-7-19(17,18)9-11-8-10(13(15)16)5-6-12(11)14/h5-6,8H,2-4,7,9H2,1H3,(H,15,16). The lowest BCUT2D eigenvalue weighted by molar-refractivity contribution is 0.0696. The van der Waals surface area contributed by atoms with E-state index in [0.717, 1.165) is 31.0 Å². The van der Waals surface area contributed by atoms with Crippen LogP contribution in [0.4, 0.5) is 4.39 Å². The lowest BCUT2D eigenvalue weighted by atomic mass is 10.1. The van der Waals surface area contributed by atoms with Crippen molar-refractivity contribution in [2.24, 2.45) is 0 Å². The van der Waals surface area contributed by atoms with E-state index >= 15 is 0 Å². The Morgan fingerprint density at radius 2 is 2.00 bits per heavy atom. The highest BCUT2D eigenvalue weighted by atomic mass is 32.2. The third-order valence-corrected chi connectivity index (χ3v) is 4.39. The molecule has 4 nitrogen and oxygen atoms in total. The van der Waals surface area contributed by atoms with Gasteiger partial charge in [0, 0.05) is 5.56 Å². The number of carbonyl (C=O) groups is 1. The predicted molar refractivity (Wildman–Crippen MR) is 70.4 cm³/mol. The zero-order valence-electron chi connectivity index (χ0n) is 10.7. The molecule has 19 heavy (non-hydrogen) atoms. The van der Waals surface area contributed by atoms with Crippen LogP contribution in [-0.2, 0) is 15.6 Å². The molecule has 0 spiro atoms. The second-order valence-corrected chi connectivity index (χ2v) is 6.59. The van der Waals surface area contributed by atoms with Crippen LogP contribution >= 0.6 is 0 Å². The molecule has 1 aromatic carbocycles. The van der Waals surface area contributed by atoms with Gasteiger partial charge in [0.05, 0.1) is 17.1 Å². The number of rotatable bonds is 7. The molecule has 0 radical (unpaired) electrons. The van der Waals surface area contributed by atoms with E-state index in [1.165, 1.54) is 0 Å². The fourth-order valence-electron chi connectivity index (χ4n) is 1.70. The molecule has 0 aliphatic heterocycles. The Morgan fingerprint density at radius 1 is 1.32 bits per heavy atom. The van der Waals surface area contributed by atoms with E-state index in [1.54, 1.807) is 0 Å². The molecule has 0 unspecified atom stereocenters. The molecular weight excluding hydrogens is 271 g/mol. The summed E-state index contributed by atoms with van der Waals surface area (Å²) in [7, 11) is -3.40. The van der Waals surface area contributed by atoms with E-state index in [2.05, 4.69) is 0 Å². The maximum atomic E-state index is 13.5. The SMILES string of the molecule is CCCCCS(=O)(=O)Cc1cc(C(=O)O)ccc1F. The van der Waals surface area contributed by atoms with Crippen LogP contribution in [0.2, 0.25) is 0 Å². The second-order valence-electron chi connectivity index (χ2n) is 4.41. The van der Waals surface area contributed by atoms with Gasteiger partial charge < -0.3 is 5.11 Å². The Labute approximate surface area is 112 Å². The third-order valence-electron chi connectivity index (χ3n) is 2.73. The molecule has 0 aliphatic carbocycles. The minimum absolute atomic E-state index is 0.00240. The molecule has 0 saturated heterocycles. The van der Waals surface area contributed by atoms with Crippen molar-refractivity contribution in [3.63, 3.8) is 0 Å². The van der Waals surface area contributed by atoms with Crippen LogP contribution in [0.25, 0.3) is 0 Å². The second kappa shape index (κ2) is 6.65. The molecule has 1 N–H and O–H groups in total. The van der Waals surface area contributed by atoms with Crippen molar-refractivity contribution in [1.82, 2.24) is 0 Å². The maximum Gasteiger partial charge on any atom is 0.335 e. The van der Waals surface area contributed by atoms with Gasteiger partial charge in [-0.1, -0.05) is 19.8 Å². The van der Waals surface area contributed by atoms with Crippen LogP contribution in [-0.4, -0.2) is 25.2 Å². The zero-order valence-corrected chi connectivity index (χ0v) is 11.5. The molecule has 0 aliphatic rings. The smallest absolute Gasteiger partial charge is 0.335 e. The molecular formula is C13H17FO4S. The molecule has 0 aromatic heterocycles. The predicted octanol–water partition coefficient (Wildman–Crippen LogP) is 2.63. The minimum atomic E-state index is -3.40. The van der Waals surface area contributed by atoms with Crippen LogP contribution < -0.4 is 0 Å². The van der Waals surface area contributed by atoms with Gasteiger partial charge in [-0.25, -0.2) is 17.6 Å². The van der Waals surface area contributed by atoms with Crippen LogP contribution in [0.15, 0.2) is 18.2 Å². The molecule has 0 fully saturated rings. The summed E-state index contributed by atoms with van der Waals surface area (Å²) in [6, 6.07) is 3.18. The lowest BCUT2D eigenvalue weighted by Crippen LogP contribution is -2.11. The summed E-state index contributed by atoms with van der Waals surface area (Å²) in [6.07, 6.45) is 2.24. The first-order valence-electron chi connectivity index (χ1n) is 6.08. The topological polar surface area (TPSA) is 71.4 Å². The number of sulfone groups is 1. The molecule has 0 heterocycles. The summed E-state index contributed by atoms with van der Waals surface area (Å²) in [6.45, 7) is 1.96.